The summed E-state index contributed by atoms with van der Waals surface area (Å²) in [5.74, 6) is 0.175. The number of nitrogens with two attached hydrogens (primary N) is 1. The Labute approximate surface area is 250 Å². The number of carboxylic acid groups (broad SMARTS) is 1. The predicted octanol–water partition coefficient (Wildman–Crippen LogP) is 5.76. The first-order chi connectivity index (χ1) is 19.8. The Balaban J connectivity index is 1.52. The van der Waals surface area contributed by atoms with Gasteiger partial charge in [-0.3, -0.25) is 4.90 Å². The van der Waals surface area contributed by atoms with Crippen molar-refractivity contribution in [3.8, 4) is 10.4 Å². The molecule has 2 aromatic carbocycles. The van der Waals surface area contributed by atoms with Crippen LogP contribution in [0.3, 0.4) is 0 Å². The van der Waals surface area contributed by atoms with Crippen LogP contribution in [0.25, 0.3) is 10.4 Å². The second-order valence-corrected chi connectivity index (χ2v) is 14.9. The molecule has 0 spiro atoms. The van der Waals surface area contributed by atoms with Crippen molar-refractivity contribution in [1.29, 1.82) is 0 Å². The molecule has 2 aliphatic carbocycles. The van der Waals surface area contributed by atoms with E-state index in [9.17, 15) is 18.0 Å². The largest absolute Gasteiger partial charge is 0.465 e. The lowest BCUT2D eigenvalue weighted by molar-refractivity contribution is 0.185. The molecule has 5 N–H and O–H groups in total. The molecule has 2 saturated carbocycles. The summed E-state index contributed by atoms with van der Waals surface area (Å²) < 4.78 is 30.4. The maximum atomic E-state index is 13.8. The third-order valence-corrected chi connectivity index (χ3v) is 10.8. The molecule has 0 atom stereocenters. The molecule has 42 heavy (non-hydrogen) atoms. The van der Waals surface area contributed by atoms with Gasteiger partial charge in [-0.15, -0.1) is 11.3 Å². The minimum Gasteiger partial charge on any atom is -0.465 e. The first kappa shape index (κ1) is 30.0. The summed E-state index contributed by atoms with van der Waals surface area (Å²) in [6.45, 7) is 5.33. The van der Waals surface area contributed by atoms with Gasteiger partial charge in [0.05, 0.1) is 20.3 Å². The van der Waals surface area contributed by atoms with Gasteiger partial charge in [-0.05, 0) is 77.0 Å². The van der Waals surface area contributed by atoms with Gasteiger partial charge in [-0.25, -0.2) is 27.7 Å². The fourth-order valence-electron chi connectivity index (χ4n) is 5.89. The van der Waals surface area contributed by atoms with E-state index in [2.05, 4.69) is 15.0 Å². The van der Waals surface area contributed by atoms with Gasteiger partial charge in [0.2, 0.25) is 10.0 Å². The highest BCUT2D eigenvalue weighted by Gasteiger charge is 2.52. The van der Waals surface area contributed by atoms with E-state index in [4.69, 9.17) is 10.8 Å². The van der Waals surface area contributed by atoms with Crippen LogP contribution in [0.1, 0.15) is 75.8 Å². The Morgan fingerprint density at radius 3 is 2.31 bits per heavy atom. The second-order valence-electron chi connectivity index (χ2n) is 12.2. The maximum absolute atomic E-state index is 13.8. The molecule has 0 aliphatic heterocycles. The number of hydrogen-bond acceptors (Lipinski definition) is 6. The normalized spacial score (nSPS) is 20.1. The van der Waals surface area contributed by atoms with Crippen LogP contribution in [0.5, 0.6) is 0 Å². The summed E-state index contributed by atoms with van der Waals surface area (Å²) in [6.07, 6.45) is 5.15. The zero-order valence-electron chi connectivity index (χ0n) is 24.0. The van der Waals surface area contributed by atoms with E-state index in [-0.39, 0.29) is 16.9 Å². The lowest BCUT2D eigenvalue weighted by atomic mass is 9.86. The van der Waals surface area contributed by atoms with Crippen molar-refractivity contribution in [2.45, 2.75) is 87.2 Å². The Kier molecular flexibility index (Phi) is 8.08. The molecule has 224 valence electrons. The number of amides is 3. The predicted molar refractivity (Wildman–Crippen MR) is 163 cm³/mol. The van der Waals surface area contributed by atoms with Gasteiger partial charge in [0, 0.05) is 34.9 Å². The number of rotatable bonds is 8. The van der Waals surface area contributed by atoms with Gasteiger partial charge < -0.3 is 16.2 Å². The molecule has 12 heteroatoms. The van der Waals surface area contributed by atoms with Crippen LogP contribution in [0.15, 0.2) is 59.6 Å². The number of nitrogens with one attached hydrogen (secondary N) is 2. The fraction of sp³-hybridized carbons (Fsp3) is 0.433. The van der Waals surface area contributed by atoms with E-state index in [0.717, 1.165) is 36.3 Å². The van der Waals surface area contributed by atoms with Crippen molar-refractivity contribution in [2.75, 3.05) is 4.90 Å². The molecule has 0 bridgehead atoms. The minimum atomic E-state index is -4.02. The lowest BCUT2D eigenvalue weighted by Crippen LogP contribution is -2.44. The Morgan fingerprint density at radius 1 is 1.07 bits per heavy atom. The summed E-state index contributed by atoms with van der Waals surface area (Å²) in [7, 11) is -4.02. The van der Waals surface area contributed by atoms with Crippen molar-refractivity contribution >= 4 is 39.2 Å². The molecule has 1 heterocycles. The Bertz CT molecular complexity index is 1570. The average Bonchev–Trinajstić information content (AvgIpc) is 3.55. The van der Waals surface area contributed by atoms with E-state index in [1.165, 1.54) is 16.2 Å². The highest BCUT2D eigenvalue weighted by Crippen LogP contribution is 2.53. The summed E-state index contributed by atoms with van der Waals surface area (Å²) >= 11 is 1.45. The van der Waals surface area contributed by atoms with E-state index in [1.807, 2.05) is 30.3 Å². The third kappa shape index (κ3) is 6.30. The molecule has 5 rings (SSSR count). The molecule has 2 fully saturated rings. The molecule has 3 aromatic rings. The van der Waals surface area contributed by atoms with Crippen LogP contribution in [-0.2, 0) is 15.6 Å². The van der Waals surface area contributed by atoms with Crippen LogP contribution in [-0.4, -0.2) is 42.2 Å². The number of anilines is 1. The van der Waals surface area contributed by atoms with Crippen molar-refractivity contribution in [2.24, 2.45) is 5.73 Å². The zero-order valence-corrected chi connectivity index (χ0v) is 25.6. The molecule has 0 radical (unpaired) electrons. The van der Waals surface area contributed by atoms with Gasteiger partial charge in [-0.1, -0.05) is 36.4 Å². The van der Waals surface area contributed by atoms with Crippen LogP contribution in [0.4, 0.5) is 15.3 Å². The van der Waals surface area contributed by atoms with Gasteiger partial charge >= 0.3 is 12.1 Å². The van der Waals surface area contributed by atoms with Crippen molar-refractivity contribution < 1.29 is 23.1 Å². The summed E-state index contributed by atoms with van der Waals surface area (Å²) in [5.41, 5.74) is 6.44. The second kappa shape index (κ2) is 11.3. The standard InChI is InChI=1S/C30H37N5O5S2/c1-29(2,3)34-42(39,40)25-17-22(35(27(31)36)30(15-16-30)20-7-5-4-6-8-20)13-14-23(25)24-18-32-26(41-24)19-9-11-21(12-10-19)33-28(37)38/h4-8,13-14,17-19,21,33-34H,9-12,15-16H2,1-3H3,(H2,31,36)(H,37,38). The number of carbonyl (C=O) groups excluding carboxylic acids is 1. The van der Waals surface area contributed by atoms with Crippen LogP contribution in [0.2, 0.25) is 0 Å². The Hall–Kier alpha value is -3.48. The van der Waals surface area contributed by atoms with Gasteiger partial charge in [0.25, 0.3) is 0 Å². The molecule has 3 amide bonds. The van der Waals surface area contributed by atoms with E-state index in [0.29, 0.717) is 29.0 Å². The highest BCUT2D eigenvalue weighted by molar-refractivity contribution is 7.89. The summed E-state index contributed by atoms with van der Waals surface area (Å²) in [5, 5.41) is 12.5. The number of urea groups is 1. The number of aromatic nitrogens is 1. The van der Waals surface area contributed by atoms with E-state index < -0.39 is 33.2 Å². The zero-order chi connectivity index (χ0) is 30.3. The first-order valence-corrected chi connectivity index (χ1v) is 16.4. The SMILES string of the molecule is CC(C)(C)NS(=O)(=O)c1cc(N(C(N)=O)C2(c3ccccc3)CC2)ccc1-c1cnc(C2CCC(NC(=O)O)CC2)s1. The lowest BCUT2D eigenvalue weighted by Gasteiger charge is -2.32. The van der Waals surface area contributed by atoms with E-state index in [1.54, 1.807) is 45.2 Å². The first-order valence-electron chi connectivity index (χ1n) is 14.1. The highest BCUT2D eigenvalue weighted by atomic mass is 32.2. The number of carbonyl (C=O) groups is 2. The van der Waals surface area contributed by atoms with E-state index >= 15 is 0 Å². The van der Waals surface area contributed by atoms with Crippen LogP contribution >= 0.6 is 11.3 Å². The van der Waals surface area contributed by atoms with Crippen LogP contribution < -0.4 is 20.7 Å². The molecular weight excluding hydrogens is 574 g/mol. The van der Waals surface area contributed by atoms with Gasteiger partial charge in [0.1, 0.15) is 0 Å². The van der Waals surface area contributed by atoms with Crippen molar-refractivity contribution in [3.63, 3.8) is 0 Å². The summed E-state index contributed by atoms with van der Waals surface area (Å²) in [6, 6.07) is 14.0. The molecule has 0 unspecified atom stereocenters. The average molecular weight is 612 g/mol. The maximum Gasteiger partial charge on any atom is 0.404 e. The summed E-state index contributed by atoms with van der Waals surface area (Å²) in [4.78, 5) is 30.8. The number of thiazole rings is 1. The molecule has 10 nitrogen and oxygen atoms in total. The quantitative estimate of drug-likeness (QED) is 0.254. The number of sulfonamides is 1. The Morgan fingerprint density at radius 2 is 1.74 bits per heavy atom. The van der Waals surface area contributed by atoms with Gasteiger partial charge in [0.15, 0.2) is 0 Å². The number of benzene rings is 2. The monoisotopic (exact) mass is 611 g/mol. The minimum absolute atomic E-state index is 0.0506. The molecular formula is C30H37N5O5S2. The molecule has 0 saturated heterocycles. The molecule has 2 aliphatic rings. The van der Waals surface area contributed by atoms with Crippen LogP contribution in [0, 0.1) is 0 Å². The van der Waals surface area contributed by atoms with Crippen molar-refractivity contribution in [1.82, 2.24) is 15.0 Å². The third-order valence-electron chi connectivity index (χ3n) is 7.83. The van der Waals surface area contributed by atoms with Gasteiger partial charge in [-0.2, -0.15) is 0 Å². The molecule has 1 aromatic heterocycles. The topological polar surface area (TPSA) is 155 Å². The number of hydrogen-bond donors (Lipinski definition) is 4. The number of nitrogens with zero attached hydrogens (tertiary/aromatic N) is 2. The smallest absolute Gasteiger partial charge is 0.404 e. The fourth-order valence-corrected chi connectivity index (χ4v) is 8.74. The number of primary amides is 1. The van der Waals surface area contributed by atoms with Crippen molar-refractivity contribution in [3.05, 3.63) is 65.3 Å².